The highest BCUT2D eigenvalue weighted by Gasteiger charge is 2.30. The summed E-state index contributed by atoms with van der Waals surface area (Å²) in [5, 5.41) is 12.1. The van der Waals surface area contributed by atoms with Gasteiger partial charge in [-0.05, 0) is 45.4 Å². The molecule has 5 heteroatoms. The molecule has 1 aromatic carbocycles. The third-order valence-corrected chi connectivity index (χ3v) is 3.94. The number of unbranched alkanes of at least 4 members (excludes halogenated alkanes) is 1. The maximum Gasteiger partial charge on any atom is 0.323 e. The fraction of sp³-hybridized carbons (Fsp3) is 0.562. The molecule has 0 aliphatic rings. The van der Waals surface area contributed by atoms with Gasteiger partial charge >= 0.3 is 5.97 Å². The summed E-state index contributed by atoms with van der Waals surface area (Å²) in [5.41, 5.74) is 0.262. The van der Waals surface area contributed by atoms with Crippen LogP contribution in [0, 0.1) is 0 Å². The van der Waals surface area contributed by atoms with Crippen molar-refractivity contribution in [2.45, 2.75) is 31.7 Å². The zero-order valence-corrected chi connectivity index (χ0v) is 13.3. The number of nitrogens with zero attached hydrogens (tertiary/aromatic N) is 1. The smallest absolute Gasteiger partial charge is 0.323 e. The summed E-state index contributed by atoms with van der Waals surface area (Å²) in [6.45, 7) is 2.60. The number of likely N-dealkylation sites (N-methyl/N-ethyl adjacent to an activating group) is 1. The van der Waals surface area contributed by atoms with E-state index in [9.17, 15) is 9.90 Å². The second-order valence-electron chi connectivity index (χ2n) is 5.47. The number of anilines is 1. The molecule has 1 aromatic rings. The van der Waals surface area contributed by atoms with E-state index in [-0.39, 0.29) is 0 Å². The van der Waals surface area contributed by atoms with Crippen molar-refractivity contribution in [1.82, 2.24) is 5.32 Å². The average Bonchev–Trinajstić information content (AvgIpc) is 2.50. The van der Waals surface area contributed by atoms with Crippen LogP contribution in [0.2, 0.25) is 0 Å². The first-order valence-electron chi connectivity index (χ1n) is 7.20. The average molecular weight is 294 g/mol. The van der Waals surface area contributed by atoms with Crippen LogP contribution < -0.4 is 15.0 Å². The number of benzene rings is 1. The van der Waals surface area contributed by atoms with Crippen LogP contribution in [0.3, 0.4) is 0 Å². The van der Waals surface area contributed by atoms with Gasteiger partial charge in [-0.1, -0.05) is 6.07 Å². The number of carboxylic acids is 1. The molecule has 0 saturated heterocycles. The van der Waals surface area contributed by atoms with Crippen LogP contribution in [-0.4, -0.2) is 44.4 Å². The van der Waals surface area contributed by atoms with E-state index < -0.39 is 11.5 Å². The van der Waals surface area contributed by atoms with E-state index in [1.165, 1.54) is 0 Å². The van der Waals surface area contributed by atoms with Crippen molar-refractivity contribution in [3.05, 3.63) is 24.3 Å². The van der Waals surface area contributed by atoms with Crippen LogP contribution in [0.4, 0.5) is 5.69 Å². The van der Waals surface area contributed by atoms with Crippen LogP contribution in [0.5, 0.6) is 5.75 Å². The summed E-state index contributed by atoms with van der Waals surface area (Å²) in [6, 6.07) is 7.92. The van der Waals surface area contributed by atoms with E-state index in [0.717, 1.165) is 30.8 Å². The predicted molar refractivity (Wildman–Crippen MR) is 85.2 cm³/mol. The van der Waals surface area contributed by atoms with Gasteiger partial charge in [0.15, 0.2) is 0 Å². The number of ether oxygens (including phenoxy) is 1. The molecule has 1 unspecified atom stereocenters. The normalized spacial score (nSPS) is 13.5. The van der Waals surface area contributed by atoms with Crippen LogP contribution >= 0.6 is 0 Å². The molecule has 5 nitrogen and oxygen atoms in total. The first-order valence-corrected chi connectivity index (χ1v) is 7.20. The molecular formula is C16H26N2O3. The van der Waals surface area contributed by atoms with Gasteiger partial charge in [-0.2, -0.15) is 0 Å². The minimum Gasteiger partial charge on any atom is -0.497 e. The second kappa shape index (κ2) is 7.88. The number of hydrogen-bond donors (Lipinski definition) is 2. The highest BCUT2D eigenvalue weighted by molar-refractivity contribution is 5.78. The first kappa shape index (κ1) is 17.3. The molecule has 0 aromatic heterocycles. The topological polar surface area (TPSA) is 61.8 Å². The molecule has 0 radical (unpaired) electrons. The van der Waals surface area contributed by atoms with E-state index >= 15 is 0 Å². The third kappa shape index (κ3) is 4.93. The fourth-order valence-corrected chi connectivity index (χ4v) is 2.14. The molecule has 1 atom stereocenters. The molecule has 0 spiro atoms. The van der Waals surface area contributed by atoms with Crippen molar-refractivity contribution in [2.24, 2.45) is 0 Å². The molecule has 0 bridgehead atoms. The number of methoxy groups -OCH3 is 1. The Bertz CT molecular complexity index is 465. The number of aliphatic carboxylic acids is 1. The molecule has 0 amide bonds. The number of hydrogen-bond acceptors (Lipinski definition) is 4. The fourth-order valence-electron chi connectivity index (χ4n) is 2.14. The molecule has 0 saturated carbocycles. The van der Waals surface area contributed by atoms with Gasteiger partial charge in [-0.15, -0.1) is 0 Å². The Labute approximate surface area is 126 Å². The van der Waals surface area contributed by atoms with Gasteiger partial charge in [0.25, 0.3) is 0 Å². The maximum absolute atomic E-state index is 11.2. The predicted octanol–water partition coefficient (Wildman–Crippen LogP) is 2.36. The largest absolute Gasteiger partial charge is 0.497 e. The first-order chi connectivity index (χ1) is 9.92. The molecule has 0 fully saturated rings. The number of rotatable bonds is 9. The minimum absolute atomic E-state index is 0.616. The van der Waals surface area contributed by atoms with Crippen molar-refractivity contribution in [1.29, 1.82) is 0 Å². The Kier molecular flexibility index (Phi) is 6.49. The molecule has 0 aliphatic heterocycles. The lowest BCUT2D eigenvalue weighted by Gasteiger charge is -2.25. The Hall–Kier alpha value is -1.75. The monoisotopic (exact) mass is 294 g/mol. The summed E-state index contributed by atoms with van der Waals surface area (Å²) in [4.78, 5) is 13.3. The van der Waals surface area contributed by atoms with E-state index in [1.807, 2.05) is 31.3 Å². The highest BCUT2D eigenvalue weighted by Crippen LogP contribution is 2.21. The van der Waals surface area contributed by atoms with E-state index in [4.69, 9.17) is 4.74 Å². The SMILES string of the molecule is CNC(C)(CCCCN(C)c1cccc(OC)c1)C(=O)O. The summed E-state index contributed by atoms with van der Waals surface area (Å²) in [7, 11) is 5.38. The van der Waals surface area contributed by atoms with Crippen LogP contribution in [0.25, 0.3) is 0 Å². The molecule has 0 heterocycles. The second-order valence-corrected chi connectivity index (χ2v) is 5.47. The number of nitrogens with one attached hydrogen (secondary N) is 1. The van der Waals surface area contributed by atoms with Crippen molar-refractivity contribution < 1.29 is 14.6 Å². The highest BCUT2D eigenvalue weighted by atomic mass is 16.5. The van der Waals surface area contributed by atoms with Crippen molar-refractivity contribution in [3.8, 4) is 5.75 Å². The molecule has 118 valence electrons. The zero-order valence-electron chi connectivity index (χ0n) is 13.3. The number of carboxylic acid groups (broad SMARTS) is 1. The summed E-state index contributed by atoms with van der Waals surface area (Å²) in [6.07, 6.45) is 2.42. The van der Waals surface area contributed by atoms with Crippen molar-refractivity contribution >= 4 is 11.7 Å². The van der Waals surface area contributed by atoms with E-state index in [1.54, 1.807) is 21.1 Å². The van der Waals surface area contributed by atoms with Crippen LogP contribution in [-0.2, 0) is 4.79 Å². The van der Waals surface area contributed by atoms with Crippen molar-refractivity contribution in [2.75, 3.05) is 32.6 Å². The lowest BCUT2D eigenvalue weighted by atomic mass is 9.95. The zero-order chi connectivity index (χ0) is 15.9. The maximum atomic E-state index is 11.2. The summed E-state index contributed by atoms with van der Waals surface area (Å²) < 4.78 is 5.22. The van der Waals surface area contributed by atoms with Crippen LogP contribution in [0.15, 0.2) is 24.3 Å². The molecule has 1 rings (SSSR count). The molecule has 2 N–H and O–H groups in total. The summed E-state index contributed by atoms with van der Waals surface area (Å²) in [5.74, 6) is 0.0409. The van der Waals surface area contributed by atoms with Crippen LogP contribution in [0.1, 0.15) is 26.2 Å². The van der Waals surface area contributed by atoms with Gasteiger partial charge in [0, 0.05) is 25.3 Å². The van der Waals surface area contributed by atoms with E-state index in [2.05, 4.69) is 10.2 Å². The van der Waals surface area contributed by atoms with Gasteiger partial charge in [-0.3, -0.25) is 4.79 Å². The number of carbonyl (C=O) groups is 1. The summed E-state index contributed by atoms with van der Waals surface area (Å²) >= 11 is 0. The quantitative estimate of drug-likeness (QED) is 0.685. The Balaban J connectivity index is 2.43. The Morgan fingerprint density at radius 1 is 1.43 bits per heavy atom. The molecular weight excluding hydrogens is 268 g/mol. The van der Waals surface area contributed by atoms with Gasteiger partial charge < -0.3 is 20.1 Å². The van der Waals surface area contributed by atoms with E-state index in [0.29, 0.717) is 6.42 Å². The molecule has 21 heavy (non-hydrogen) atoms. The Morgan fingerprint density at radius 3 is 2.71 bits per heavy atom. The van der Waals surface area contributed by atoms with Gasteiger partial charge in [0.05, 0.1) is 7.11 Å². The van der Waals surface area contributed by atoms with Gasteiger partial charge in [0.2, 0.25) is 0 Å². The third-order valence-electron chi connectivity index (χ3n) is 3.94. The van der Waals surface area contributed by atoms with Gasteiger partial charge in [-0.25, -0.2) is 0 Å². The minimum atomic E-state index is -0.839. The lowest BCUT2D eigenvalue weighted by Crippen LogP contribution is -2.47. The standard InChI is InChI=1S/C16H26N2O3/c1-16(17-2,15(19)20)10-5-6-11-18(3)13-8-7-9-14(12-13)21-4/h7-9,12,17H,5-6,10-11H2,1-4H3,(H,19,20). The lowest BCUT2D eigenvalue weighted by molar-refractivity contribution is -0.144. The van der Waals surface area contributed by atoms with Crippen molar-refractivity contribution in [3.63, 3.8) is 0 Å². The van der Waals surface area contributed by atoms with Gasteiger partial charge in [0.1, 0.15) is 11.3 Å². The molecule has 0 aliphatic carbocycles. The Morgan fingerprint density at radius 2 is 2.14 bits per heavy atom.